The van der Waals surface area contributed by atoms with E-state index in [1.54, 1.807) is 0 Å². The van der Waals surface area contributed by atoms with Gasteiger partial charge in [0, 0.05) is 35.1 Å². The van der Waals surface area contributed by atoms with Gasteiger partial charge in [0.2, 0.25) is 11.8 Å². The minimum atomic E-state index is -0.648. The van der Waals surface area contributed by atoms with Crippen molar-refractivity contribution < 1.29 is 19.8 Å². The smallest absolute Gasteiger partial charge is 0.226 e. The molecule has 0 spiro atoms. The number of fused-ring (bicyclic) bond motifs is 2. The number of thiazole rings is 1. The Balaban J connectivity index is 1.95. The Bertz CT molecular complexity index is 857. The molecule has 2 amide bonds. The number of unbranched alkanes of at least 4 members (excludes halogenated alkanes) is 2. The zero-order valence-electron chi connectivity index (χ0n) is 20.7. The summed E-state index contributed by atoms with van der Waals surface area (Å²) in [4.78, 5) is 31.2. The normalized spacial score (nSPS) is 31.1. The topological polar surface area (TPSA) is 112 Å². The van der Waals surface area contributed by atoms with Crippen LogP contribution < -0.4 is 10.6 Å². The second kappa shape index (κ2) is 10.4. The minimum Gasteiger partial charge on any atom is -0.396 e. The fourth-order valence-corrected chi connectivity index (χ4v) is 7.07. The molecule has 0 saturated heterocycles. The van der Waals surface area contributed by atoms with Crippen LogP contribution in [0.3, 0.4) is 0 Å². The van der Waals surface area contributed by atoms with Gasteiger partial charge in [-0.25, -0.2) is 4.98 Å². The highest BCUT2D eigenvalue weighted by atomic mass is 32.1. The average molecular weight is 480 g/mol. The summed E-state index contributed by atoms with van der Waals surface area (Å²) in [5.74, 6) is -0.164. The van der Waals surface area contributed by atoms with E-state index in [2.05, 4.69) is 24.5 Å². The number of hydrogen-bond acceptors (Lipinski definition) is 6. The molecule has 0 bridgehead atoms. The third-order valence-electron chi connectivity index (χ3n) is 7.99. The average Bonchev–Trinajstić information content (AvgIpc) is 3.14. The van der Waals surface area contributed by atoms with E-state index in [1.807, 2.05) is 20.8 Å². The number of rotatable bonds is 9. The van der Waals surface area contributed by atoms with Crippen LogP contribution in [0.2, 0.25) is 0 Å². The number of hydrogen-bond donors (Lipinski definition) is 4. The van der Waals surface area contributed by atoms with E-state index in [-0.39, 0.29) is 41.7 Å². The maximum atomic E-state index is 12.9. The van der Waals surface area contributed by atoms with Crippen LogP contribution in [0.5, 0.6) is 0 Å². The largest absolute Gasteiger partial charge is 0.396 e. The van der Waals surface area contributed by atoms with Crippen LogP contribution in [0.1, 0.15) is 96.1 Å². The first kappa shape index (κ1) is 26.1. The van der Waals surface area contributed by atoms with Gasteiger partial charge in [-0.15, -0.1) is 11.3 Å². The third-order valence-corrected chi connectivity index (χ3v) is 9.00. The highest BCUT2D eigenvalue weighted by molar-refractivity contribution is 7.15. The Morgan fingerprint density at radius 2 is 1.97 bits per heavy atom. The van der Waals surface area contributed by atoms with Gasteiger partial charge in [0.25, 0.3) is 0 Å². The van der Waals surface area contributed by atoms with Crippen molar-refractivity contribution in [2.45, 2.75) is 104 Å². The summed E-state index contributed by atoms with van der Waals surface area (Å²) in [7, 11) is 0. The Hall–Kier alpha value is -1.51. The van der Waals surface area contributed by atoms with E-state index in [9.17, 15) is 19.8 Å². The van der Waals surface area contributed by atoms with Gasteiger partial charge in [-0.3, -0.25) is 9.59 Å². The van der Waals surface area contributed by atoms with Crippen LogP contribution in [0.15, 0.2) is 0 Å². The number of nitrogens with one attached hydrogen (secondary N) is 2. The Morgan fingerprint density at radius 3 is 2.61 bits per heavy atom. The van der Waals surface area contributed by atoms with Crippen LogP contribution in [-0.4, -0.2) is 45.8 Å². The van der Waals surface area contributed by atoms with E-state index >= 15 is 0 Å². The minimum absolute atomic E-state index is 0.0108. The van der Waals surface area contributed by atoms with E-state index in [4.69, 9.17) is 4.98 Å². The van der Waals surface area contributed by atoms with Gasteiger partial charge in [-0.1, -0.05) is 33.6 Å². The lowest BCUT2D eigenvalue weighted by molar-refractivity contribution is -0.144. The highest BCUT2D eigenvalue weighted by Crippen LogP contribution is 2.62. The molecule has 0 unspecified atom stereocenters. The first-order valence-electron chi connectivity index (χ1n) is 12.4. The van der Waals surface area contributed by atoms with Crippen molar-refractivity contribution in [3.8, 4) is 0 Å². The van der Waals surface area contributed by atoms with Gasteiger partial charge in [-0.2, -0.15) is 0 Å². The van der Waals surface area contributed by atoms with Crippen LogP contribution in [0, 0.1) is 16.7 Å². The molecule has 1 heterocycles. The molecule has 1 aromatic heterocycles. The summed E-state index contributed by atoms with van der Waals surface area (Å²) in [5, 5.41) is 27.7. The van der Waals surface area contributed by atoms with Crippen molar-refractivity contribution in [3.63, 3.8) is 0 Å². The monoisotopic (exact) mass is 479 g/mol. The molecular weight excluding hydrogens is 438 g/mol. The summed E-state index contributed by atoms with van der Waals surface area (Å²) >= 11 is 1.48. The summed E-state index contributed by atoms with van der Waals surface area (Å²) in [6.07, 6.45) is 5.20. The molecule has 3 rings (SSSR count). The SMILES string of the molecule is CCCCCC(=O)Nc1nc2c(s1)C[C@H]1[C@](C)(CO)[C@H](O)CC[C@@]1(C)[C@@H]2CC(=O)NC(C)C. The number of anilines is 1. The first-order chi connectivity index (χ1) is 15.5. The summed E-state index contributed by atoms with van der Waals surface area (Å²) in [6.45, 7) is 10.1. The molecule has 2 aliphatic carbocycles. The molecule has 1 saturated carbocycles. The van der Waals surface area contributed by atoms with Crippen molar-refractivity contribution in [1.82, 2.24) is 10.3 Å². The number of carbonyl (C=O) groups excluding carboxylic acids is 2. The highest BCUT2D eigenvalue weighted by Gasteiger charge is 2.59. The maximum absolute atomic E-state index is 12.9. The molecule has 0 aliphatic heterocycles. The standard InChI is InChI=1S/C25H41N3O4S/c1-6-7-8-9-20(31)27-23-28-22-16(12-21(32)26-15(2)3)24(4)11-10-19(30)25(5,14-29)18(24)13-17(22)33-23/h15-16,18-19,29-30H,6-14H2,1-5H3,(H,26,32)(H,27,28,31)/t16-,18-,19-,24+,25+/m1/s1. The van der Waals surface area contributed by atoms with E-state index in [0.717, 1.165) is 36.3 Å². The molecular formula is C25H41N3O4S. The van der Waals surface area contributed by atoms with Gasteiger partial charge in [0.1, 0.15) is 0 Å². The van der Waals surface area contributed by atoms with E-state index in [1.165, 1.54) is 11.3 Å². The summed E-state index contributed by atoms with van der Waals surface area (Å²) in [5.41, 5.74) is -0.0299. The maximum Gasteiger partial charge on any atom is 0.226 e. The second-order valence-corrected chi connectivity index (χ2v) is 11.9. The number of aromatic nitrogens is 1. The van der Waals surface area contributed by atoms with Crippen molar-refractivity contribution in [1.29, 1.82) is 0 Å². The Morgan fingerprint density at radius 1 is 1.24 bits per heavy atom. The molecule has 0 aromatic carbocycles. The molecule has 4 N–H and O–H groups in total. The second-order valence-electron chi connectivity index (χ2n) is 10.8. The fraction of sp³-hybridized carbons (Fsp3) is 0.800. The van der Waals surface area contributed by atoms with Gasteiger partial charge < -0.3 is 20.8 Å². The van der Waals surface area contributed by atoms with Crippen molar-refractivity contribution >= 4 is 28.3 Å². The van der Waals surface area contributed by atoms with Crippen LogP contribution in [0.4, 0.5) is 5.13 Å². The number of carbonyl (C=O) groups is 2. The quantitative estimate of drug-likeness (QED) is 0.400. The van der Waals surface area contributed by atoms with Gasteiger partial charge in [0.05, 0.1) is 18.4 Å². The van der Waals surface area contributed by atoms with Gasteiger partial charge >= 0.3 is 0 Å². The summed E-state index contributed by atoms with van der Waals surface area (Å²) < 4.78 is 0. The molecule has 0 radical (unpaired) electrons. The lowest BCUT2D eigenvalue weighted by Gasteiger charge is -2.58. The molecule has 7 nitrogen and oxygen atoms in total. The lowest BCUT2D eigenvalue weighted by atomic mass is 9.47. The van der Waals surface area contributed by atoms with Crippen LogP contribution in [0.25, 0.3) is 0 Å². The molecule has 1 fully saturated rings. The number of aliphatic hydroxyl groups excluding tert-OH is 2. The molecule has 8 heteroatoms. The first-order valence-corrected chi connectivity index (χ1v) is 13.2. The number of nitrogens with zero attached hydrogens (tertiary/aromatic N) is 1. The third kappa shape index (κ3) is 5.28. The van der Waals surface area contributed by atoms with E-state index in [0.29, 0.717) is 30.8 Å². The molecule has 2 aliphatic rings. The Kier molecular flexibility index (Phi) is 8.23. The summed E-state index contributed by atoms with van der Waals surface area (Å²) in [6, 6.07) is 0.0495. The van der Waals surface area contributed by atoms with Crippen molar-refractivity contribution in [3.05, 3.63) is 10.6 Å². The lowest BCUT2D eigenvalue weighted by Crippen LogP contribution is -2.57. The van der Waals surface area contributed by atoms with Crippen LogP contribution in [-0.2, 0) is 16.0 Å². The van der Waals surface area contributed by atoms with Crippen LogP contribution >= 0.6 is 11.3 Å². The zero-order valence-corrected chi connectivity index (χ0v) is 21.6. The predicted octanol–water partition coefficient (Wildman–Crippen LogP) is 3.99. The molecule has 33 heavy (non-hydrogen) atoms. The number of aliphatic hydroxyl groups is 2. The molecule has 1 aromatic rings. The number of amides is 2. The van der Waals surface area contributed by atoms with Gasteiger partial charge in [-0.05, 0) is 50.9 Å². The van der Waals surface area contributed by atoms with E-state index < -0.39 is 11.5 Å². The molecule has 5 atom stereocenters. The fourth-order valence-electron chi connectivity index (χ4n) is 5.98. The zero-order chi connectivity index (χ0) is 24.4. The Labute approximate surface area is 201 Å². The van der Waals surface area contributed by atoms with Gasteiger partial charge in [0.15, 0.2) is 5.13 Å². The predicted molar refractivity (Wildman–Crippen MR) is 131 cm³/mol. The van der Waals surface area contributed by atoms with Crippen molar-refractivity contribution in [2.75, 3.05) is 11.9 Å². The van der Waals surface area contributed by atoms with Crippen molar-refractivity contribution in [2.24, 2.45) is 16.7 Å². The molecule has 186 valence electrons.